The summed E-state index contributed by atoms with van der Waals surface area (Å²) in [6.45, 7) is 2.42. The molecule has 0 bridgehead atoms. The lowest BCUT2D eigenvalue weighted by atomic mass is 10.1. The molecule has 0 aromatic heterocycles. The molecule has 5 heteroatoms. The fraction of sp³-hybridized carbons (Fsp3) is 0.538. The molecule has 4 nitrogen and oxygen atoms in total. The Labute approximate surface area is 109 Å². The van der Waals surface area contributed by atoms with Crippen molar-refractivity contribution in [3.8, 4) is 0 Å². The second kappa shape index (κ2) is 7.51. The van der Waals surface area contributed by atoms with Crippen LogP contribution in [0.25, 0.3) is 0 Å². The standard InChI is InChI=1S/C13H21NO3S/c1-2-3-10-18(16,17)14-9-8-12-4-6-13(11-15)7-5-12/h4-7,14-15H,2-3,8-11H2,1H3. The Hall–Kier alpha value is -0.910. The first kappa shape index (κ1) is 15.1. The van der Waals surface area contributed by atoms with Crippen LogP contribution in [0.5, 0.6) is 0 Å². The van der Waals surface area contributed by atoms with E-state index in [4.69, 9.17) is 5.11 Å². The Morgan fingerprint density at radius 3 is 2.33 bits per heavy atom. The van der Waals surface area contributed by atoms with E-state index in [1.54, 1.807) is 0 Å². The van der Waals surface area contributed by atoms with Crippen molar-refractivity contribution in [2.75, 3.05) is 12.3 Å². The van der Waals surface area contributed by atoms with Gasteiger partial charge in [-0.25, -0.2) is 13.1 Å². The third kappa shape index (κ3) is 5.62. The van der Waals surface area contributed by atoms with Crippen LogP contribution < -0.4 is 4.72 Å². The van der Waals surface area contributed by atoms with Gasteiger partial charge in [0.15, 0.2) is 0 Å². The molecule has 1 rings (SSSR count). The number of hydrogen-bond donors (Lipinski definition) is 2. The van der Waals surface area contributed by atoms with E-state index >= 15 is 0 Å². The van der Waals surface area contributed by atoms with Gasteiger partial charge in [-0.2, -0.15) is 0 Å². The van der Waals surface area contributed by atoms with E-state index in [9.17, 15) is 8.42 Å². The zero-order valence-corrected chi connectivity index (χ0v) is 11.5. The number of aliphatic hydroxyl groups is 1. The summed E-state index contributed by atoms with van der Waals surface area (Å²) in [6.07, 6.45) is 2.24. The molecule has 0 aliphatic carbocycles. The number of rotatable bonds is 8. The topological polar surface area (TPSA) is 66.4 Å². The molecule has 102 valence electrons. The molecule has 0 heterocycles. The number of aliphatic hydroxyl groups excluding tert-OH is 1. The van der Waals surface area contributed by atoms with Gasteiger partial charge in [-0.3, -0.25) is 0 Å². The summed E-state index contributed by atoms with van der Waals surface area (Å²) in [5.41, 5.74) is 1.92. The molecule has 0 atom stereocenters. The van der Waals surface area contributed by atoms with E-state index in [1.165, 1.54) is 0 Å². The van der Waals surface area contributed by atoms with Crippen molar-refractivity contribution in [2.45, 2.75) is 32.8 Å². The Kier molecular flexibility index (Phi) is 6.32. The maximum absolute atomic E-state index is 11.5. The molecule has 0 amide bonds. The molecule has 0 aliphatic heterocycles. The highest BCUT2D eigenvalue weighted by Crippen LogP contribution is 2.05. The summed E-state index contributed by atoms with van der Waals surface area (Å²) in [6, 6.07) is 7.51. The van der Waals surface area contributed by atoms with E-state index in [0.29, 0.717) is 19.4 Å². The number of hydrogen-bond acceptors (Lipinski definition) is 3. The number of benzene rings is 1. The fourth-order valence-electron chi connectivity index (χ4n) is 1.57. The Morgan fingerprint density at radius 2 is 1.78 bits per heavy atom. The van der Waals surface area contributed by atoms with Crippen LogP contribution in [-0.2, 0) is 23.1 Å². The maximum Gasteiger partial charge on any atom is 0.211 e. The van der Waals surface area contributed by atoms with Crippen molar-refractivity contribution < 1.29 is 13.5 Å². The van der Waals surface area contributed by atoms with Crippen LogP contribution in [0.4, 0.5) is 0 Å². The quantitative estimate of drug-likeness (QED) is 0.752. The van der Waals surface area contributed by atoms with Crippen LogP contribution in [-0.4, -0.2) is 25.8 Å². The van der Waals surface area contributed by atoms with Gasteiger partial charge in [-0.05, 0) is 24.0 Å². The molecule has 0 saturated heterocycles. The molecule has 0 spiro atoms. The van der Waals surface area contributed by atoms with Crippen molar-refractivity contribution in [1.82, 2.24) is 4.72 Å². The summed E-state index contributed by atoms with van der Waals surface area (Å²) in [5, 5.41) is 8.90. The monoisotopic (exact) mass is 271 g/mol. The van der Waals surface area contributed by atoms with Crippen molar-refractivity contribution in [2.24, 2.45) is 0 Å². The molecular weight excluding hydrogens is 250 g/mol. The zero-order valence-electron chi connectivity index (χ0n) is 10.7. The van der Waals surface area contributed by atoms with Crippen molar-refractivity contribution in [3.63, 3.8) is 0 Å². The van der Waals surface area contributed by atoms with E-state index in [0.717, 1.165) is 17.5 Å². The van der Waals surface area contributed by atoms with E-state index in [-0.39, 0.29) is 12.4 Å². The largest absolute Gasteiger partial charge is 0.392 e. The summed E-state index contributed by atoms with van der Waals surface area (Å²) in [7, 11) is -3.12. The maximum atomic E-state index is 11.5. The molecule has 0 saturated carbocycles. The van der Waals surface area contributed by atoms with E-state index < -0.39 is 10.0 Å². The van der Waals surface area contributed by atoms with Gasteiger partial charge in [0, 0.05) is 6.54 Å². The SMILES string of the molecule is CCCCS(=O)(=O)NCCc1ccc(CO)cc1. The average Bonchev–Trinajstić information content (AvgIpc) is 2.37. The number of unbranched alkanes of at least 4 members (excludes halogenated alkanes) is 1. The summed E-state index contributed by atoms with van der Waals surface area (Å²) < 4.78 is 25.7. The van der Waals surface area contributed by atoms with Crippen molar-refractivity contribution in [3.05, 3.63) is 35.4 Å². The lowest BCUT2D eigenvalue weighted by molar-refractivity contribution is 0.282. The minimum atomic E-state index is -3.12. The van der Waals surface area contributed by atoms with Crippen LogP contribution in [0, 0.1) is 0 Å². The highest BCUT2D eigenvalue weighted by Gasteiger charge is 2.07. The van der Waals surface area contributed by atoms with E-state index in [1.807, 2.05) is 31.2 Å². The lowest BCUT2D eigenvalue weighted by Crippen LogP contribution is -2.28. The highest BCUT2D eigenvalue weighted by atomic mass is 32.2. The smallest absolute Gasteiger partial charge is 0.211 e. The zero-order chi connectivity index (χ0) is 13.4. The average molecular weight is 271 g/mol. The predicted octanol–water partition coefficient (Wildman–Crippen LogP) is 1.44. The Morgan fingerprint density at radius 1 is 1.17 bits per heavy atom. The van der Waals surface area contributed by atoms with Crippen LogP contribution in [0.15, 0.2) is 24.3 Å². The molecule has 0 aliphatic rings. The number of sulfonamides is 1. The summed E-state index contributed by atoms with van der Waals surface area (Å²) in [5.74, 6) is 0.201. The third-order valence-corrected chi connectivity index (χ3v) is 4.18. The Bertz CT molecular complexity index is 440. The van der Waals surface area contributed by atoms with Crippen LogP contribution >= 0.6 is 0 Å². The van der Waals surface area contributed by atoms with Gasteiger partial charge in [0.2, 0.25) is 10.0 Å². The van der Waals surface area contributed by atoms with Gasteiger partial charge < -0.3 is 5.11 Å². The molecule has 1 aromatic carbocycles. The fourth-order valence-corrected chi connectivity index (χ4v) is 2.79. The molecule has 0 fully saturated rings. The first-order chi connectivity index (χ1) is 8.57. The number of nitrogens with one attached hydrogen (secondary N) is 1. The third-order valence-electron chi connectivity index (χ3n) is 2.71. The predicted molar refractivity (Wildman–Crippen MR) is 72.8 cm³/mol. The normalized spacial score (nSPS) is 11.7. The van der Waals surface area contributed by atoms with Gasteiger partial charge in [0.1, 0.15) is 0 Å². The van der Waals surface area contributed by atoms with E-state index in [2.05, 4.69) is 4.72 Å². The minimum absolute atomic E-state index is 0.0317. The molecule has 0 radical (unpaired) electrons. The molecule has 18 heavy (non-hydrogen) atoms. The van der Waals surface area contributed by atoms with Gasteiger partial charge in [0.05, 0.1) is 12.4 Å². The summed E-state index contributed by atoms with van der Waals surface area (Å²) >= 11 is 0. The van der Waals surface area contributed by atoms with Crippen LogP contribution in [0.1, 0.15) is 30.9 Å². The van der Waals surface area contributed by atoms with Gasteiger partial charge in [0.25, 0.3) is 0 Å². The molecule has 1 aromatic rings. The molecule has 0 unspecified atom stereocenters. The highest BCUT2D eigenvalue weighted by molar-refractivity contribution is 7.89. The second-order valence-corrected chi connectivity index (χ2v) is 6.22. The first-order valence-corrected chi connectivity index (χ1v) is 7.88. The van der Waals surface area contributed by atoms with Crippen LogP contribution in [0.2, 0.25) is 0 Å². The summed E-state index contributed by atoms with van der Waals surface area (Å²) in [4.78, 5) is 0. The lowest BCUT2D eigenvalue weighted by Gasteiger charge is -2.06. The molecule has 2 N–H and O–H groups in total. The second-order valence-electron chi connectivity index (χ2n) is 4.29. The Balaban J connectivity index is 2.36. The first-order valence-electron chi connectivity index (χ1n) is 6.23. The van der Waals surface area contributed by atoms with Crippen molar-refractivity contribution in [1.29, 1.82) is 0 Å². The van der Waals surface area contributed by atoms with Gasteiger partial charge in [-0.15, -0.1) is 0 Å². The van der Waals surface area contributed by atoms with Crippen molar-refractivity contribution >= 4 is 10.0 Å². The van der Waals surface area contributed by atoms with Gasteiger partial charge in [-0.1, -0.05) is 37.6 Å². The molecular formula is C13H21NO3S. The minimum Gasteiger partial charge on any atom is -0.392 e. The van der Waals surface area contributed by atoms with Crippen LogP contribution in [0.3, 0.4) is 0 Å². The van der Waals surface area contributed by atoms with Gasteiger partial charge >= 0.3 is 0 Å².